The molecule has 84 valence electrons. The van der Waals surface area contributed by atoms with E-state index < -0.39 is 0 Å². The van der Waals surface area contributed by atoms with Crippen molar-refractivity contribution >= 4 is 21.8 Å². The van der Waals surface area contributed by atoms with E-state index in [1.165, 1.54) is 12.8 Å². The second-order valence-electron chi connectivity index (χ2n) is 4.58. The molecule has 4 heteroatoms. The molecular weight excluding hydrogens is 256 g/mol. The number of fused-ring (bicyclic) bond motifs is 1. The van der Waals surface area contributed by atoms with E-state index in [0.717, 1.165) is 24.0 Å². The lowest BCUT2D eigenvalue weighted by Crippen LogP contribution is -2.44. The quantitative estimate of drug-likeness (QED) is 0.816. The van der Waals surface area contributed by atoms with Gasteiger partial charge in [-0.25, -0.2) is 0 Å². The van der Waals surface area contributed by atoms with Gasteiger partial charge in [0.05, 0.1) is 5.41 Å². The molecule has 15 heavy (non-hydrogen) atoms. The SMILES string of the molecule is C=C(Br)CNC(=O)[C@@]12CCC[C@@H]1CNC2. The summed E-state index contributed by atoms with van der Waals surface area (Å²) in [5.74, 6) is 0.747. The molecule has 0 unspecified atom stereocenters. The minimum atomic E-state index is -0.123. The zero-order valence-electron chi connectivity index (χ0n) is 8.81. The predicted octanol–water partition coefficient (Wildman–Crippen LogP) is 1.40. The number of carbonyl (C=O) groups excluding carboxylic acids is 1. The summed E-state index contributed by atoms with van der Waals surface area (Å²) in [4.78, 5) is 12.1. The highest BCUT2D eigenvalue weighted by Gasteiger charge is 2.51. The first-order valence-corrected chi connectivity index (χ1v) is 6.27. The molecule has 2 N–H and O–H groups in total. The molecule has 0 spiro atoms. The van der Waals surface area contributed by atoms with Gasteiger partial charge in [-0.05, 0) is 25.3 Å². The molecule has 2 rings (SSSR count). The van der Waals surface area contributed by atoms with E-state index in [-0.39, 0.29) is 11.3 Å². The number of rotatable bonds is 3. The second-order valence-corrected chi connectivity index (χ2v) is 5.70. The van der Waals surface area contributed by atoms with Crippen LogP contribution in [0.1, 0.15) is 19.3 Å². The molecule has 1 saturated heterocycles. The Labute approximate surface area is 98.8 Å². The van der Waals surface area contributed by atoms with Crippen LogP contribution in [0, 0.1) is 11.3 Å². The summed E-state index contributed by atoms with van der Waals surface area (Å²) in [6, 6.07) is 0. The number of carbonyl (C=O) groups is 1. The van der Waals surface area contributed by atoms with Crippen molar-refractivity contribution in [2.45, 2.75) is 19.3 Å². The molecule has 1 aliphatic carbocycles. The Morgan fingerprint density at radius 3 is 3.20 bits per heavy atom. The van der Waals surface area contributed by atoms with Crippen LogP contribution in [0.3, 0.4) is 0 Å². The zero-order valence-corrected chi connectivity index (χ0v) is 10.4. The fourth-order valence-electron chi connectivity index (χ4n) is 2.88. The lowest BCUT2D eigenvalue weighted by molar-refractivity contribution is -0.131. The Hall–Kier alpha value is -0.350. The number of hydrogen-bond donors (Lipinski definition) is 2. The average molecular weight is 273 g/mol. The lowest BCUT2D eigenvalue weighted by Gasteiger charge is -2.26. The molecule has 2 atom stereocenters. The molecule has 0 radical (unpaired) electrons. The zero-order chi connectivity index (χ0) is 10.9. The molecule has 1 amide bonds. The summed E-state index contributed by atoms with van der Waals surface area (Å²) in [7, 11) is 0. The fraction of sp³-hybridized carbons (Fsp3) is 0.727. The van der Waals surface area contributed by atoms with Gasteiger partial charge in [0.25, 0.3) is 0 Å². The van der Waals surface area contributed by atoms with Crippen molar-refractivity contribution in [3.63, 3.8) is 0 Å². The highest BCUT2D eigenvalue weighted by atomic mass is 79.9. The van der Waals surface area contributed by atoms with Gasteiger partial charge in [0.15, 0.2) is 0 Å². The highest BCUT2D eigenvalue weighted by Crippen LogP contribution is 2.45. The third-order valence-electron chi connectivity index (χ3n) is 3.68. The van der Waals surface area contributed by atoms with Crippen LogP contribution in [0.2, 0.25) is 0 Å². The Morgan fingerprint density at radius 2 is 2.47 bits per heavy atom. The summed E-state index contributed by atoms with van der Waals surface area (Å²) in [6.07, 6.45) is 3.41. The van der Waals surface area contributed by atoms with E-state index >= 15 is 0 Å². The molecule has 1 aliphatic heterocycles. The van der Waals surface area contributed by atoms with Crippen LogP contribution in [0.15, 0.2) is 11.1 Å². The number of nitrogens with one attached hydrogen (secondary N) is 2. The van der Waals surface area contributed by atoms with Gasteiger partial charge in [0.1, 0.15) is 0 Å². The van der Waals surface area contributed by atoms with Gasteiger partial charge in [0.2, 0.25) is 5.91 Å². The Bertz CT molecular complexity index is 280. The van der Waals surface area contributed by atoms with Gasteiger partial charge in [-0.1, -0.05) is 28.9 Å². The van der Waals surface area contributed by atoms with Gasteiger partial charge in [-0.3, -0.25) is 4.79 Å². The monoisotopic (exact) mass is 272 g/mol. The summed E-state index contributed by atoms with van der Waals surface area (Å²) >= 11 is 3.26. The third-order valence-corrected chi connectivity index (χ3v) is 3.96. The smallest absolute Gasteiger partial charge is 0.228 e. The maximum Gasteiger partial charge on any atom is 0.228 e. The minimum Gasteiger partial charge on any atom is -0.351 e. The highest BCUT2D eigenvalue weighted by molar-refractivity contribution is 9.11. The predicted molar refractivity (Wildman–Crippen MR) is 63.7 cm³/mol. The largest absolute Gasteiger partial charge is 0.351 e. The van der Waals surface area contributed by atoms with Crippen molar-refractivity contribution in [2.24, 2.45) is 11.3 Å². The Balaban J connectivity index is 2.01. The van der Waals surface area contributed by atoms with Crippen LogP contribution >= 0.6 is 15.9 Å². The van der Waals surface area contributed by atoms with Crippen LogP contribution in [0.4, 0.5) is 0 Å². The van der Waals surface area contributed by atoms with Crippen LogP contribution in [-0.2, 0) is 4.79 Å². The molecule has 0 bridgehead atoms. The summed E-state index contributed by atoms with van der Waals surface area (Å²) < 4.78 is 0.827. The van der Waals surface area contributed by atoms with Crippen molar-refractivity contribution in [3.05, 3.63) is 11.1 Å². The van der Waals surface area contributed by atoms with Gasteiger partial charge in [0, 0.05) is 17.6 Å². The molecular formula is C11H17BrN2O. The van der Waals surface area contributed by atoms with E-state index in [9.17, 15) is 4.79 Å². The molecule has 0 aromatic rings. The maximum absolute atomic E-state index is 12.1. The normalized spacial score (nSPS) is 33.8. The van der Waals surface area contributed by atoms with Crippen LogP contribution in [-0.4, -0.2) is 25.5 Å². The number of amides is 1. The summed E-state index contributed by atoms with van der Waals surface area (Å²) in [5, 5.41) is 6.30. The Morgan fingerprint density at radius 1 is 1.67 bits per heavy atom. The third kappa shape index (κ3) is 1.97. The van der Waals surface area contributed by atoms with Crippen LogP contribution < -0.4 is 10.6 Å². The number of hydrogen-bond acceptors (Lipinski definition) is 2. The van der Waals surface area contributed by atoms with Crippen molar-refractivity contribution in [2.75, 3.05) is 19.6 Å². The number of halogens is 1. The molecule has 0 aromatic carbocycles. The van der Waals surface area contributed by atoms with E-state index in [1.54, 1.807) is 0 Å². The first kappa shape index (κ1) is 11.1. The summed E-state index contributed by atoms with van der Waals surface area (Å²) in [6.45, 7) is 6.11. The molecule has 2 fully saturated rings. The van der Waals surface area contributed by atoms with Gasteiger partial charge >= 0.3 is 0 Å². The molecule has 1 saturated carbocycles. The van der Waals surface area contributed by atoms with Gasteiger partial charge in [-0.15, -0.1) is 0 Å². The minimum absolute atomic E-state index is 0.123. The van der Waals surface area contributed by atoms with E-state index in [1.807, 2.05) is 0 Å². The first-order chi connectivity index (χ1) is 7.15. The first-order valence-electron chi connectivity index (χ1n) is 5.47. The van der Waals surface area contributed by atoms with E-state index in [4.69, 9.17) is 0 Å². The van der Waals surface area contributed by atoms with Gasteiger partial charge in [-0.2, -0.15) is 0 Å². The maximum atomic E-state index is 12.1. The van der Waals surface area contributed by atoms with Crippen LogP contribution in [0.25, 0.3) is 0 Å². The molecule has 1 heterocycles. The van der Waals surface area contributed by atoms with E-state index in [2.05, 4.69) is 33.1 Å². The second kappa shape index (κ2) is 4.26. The van der Waals surface area contributed by atoms with Crippen molar-refractivity contribution in [1.29, 1.82) is 0 Å². The molecule has 3 nitrogen and oxygen atoms in total. The van der Waals surface area contributed by atoms with Gasteiger partial charge < -0.3 is 10.6 Å². The Kier molecular flexibility index (Phi) is 3.16. The van der Waals surface area contributed by atoms with Crippen LogP contribution in [0.5, 0.6) is 0 Å². The molecule has 0 aromatic heterocycles. The lowest BCUT2D eigenvalue weighted by atomic mass is 9.80. The average Bonchev–Trinajstić information content (AvgIpc) is 2.72. The van der Waals surface area contributed by atoms with Crippen molar-refractivity contribution in [3.8, 4) is 0 Å². The standard InChI is InChI=1S/C11H17BrN2O/c1-8(12)5-14-10(15)11-4-2-3-9(11)6-13-7-11/h9,13H,1-7H2,(H,14,15)/t9-,11-/m1/s1. The van der Waals surface area contributed by atoms with Crippen molar-refractivity contribution in [1.82, 2.24) is 10.6 Å². The molecule has 2 aliphatic rings. The fourth-order valence-corrected chi connectivity index (χ4v) is 3.02. The van der Waals surface area contributed by atoms with Crippen molar-refractivity contribution < 1.29 is 4.79 Å². The topological polar surface area (TPSA) is 41.1 Å². The summed E-state index contributed by atoms with van der Waals surface area (Å²) in [5.41, 5.74) is -0.123. The van der Waals surface area contributed by atoms with E-state index in [0.29, 0.717) is 12.5 Å².